The number of fused-ring (bicyclic) bond motifs is 2. The quantitative estimate of drug-likeness (QED) is 0.611. The molecule has 8 heteroatoms. The number of nitrogens with one attached hydrogen (secondary N) is 1. The molecule has 0 bridgehead atoms. The second kappa shape index (κ2) is 6.76. The van der Waals surface area contributed by atoms with Crippen LogP contribution in [0.5, 0.6) is 11.5 Å². The summed E-state index contributed by atoms with van der Waals surface area (Å²) in [6.45, 7) is 16.4. The summed E-state index contributed by atoms with van der Waals surface area (Å²) in [5, 5.41) is 3.50. The van der Waals surface area contributed by atoms with E-state index in [1.807, 2.05) is 36.4 Å². The average Bonchev–Trinajstić information content (AvgIpc) is 3.05. The molecular formula is C24H31B2NO5. The van der Waals surface area contributed by atoms with Gasteiger partial charge >= 0.3 is 14.2 Å². The van der Waals surface area contributed by atoms with Crippen LogP contribution in [0.15, 0.2) is 36.4 Å². The smallest absolute Gasteiger partial charge is 0.453 e. The summed E-state index contributed by atoms with van der Waals surface area (Å²) in [4.78, 5) is 0. The van der Waals surface area contributed by atoms with Crippen molar-refractivity contribution in [3.63, 3.8) is 0 Å². The summed E-state index contributed by atoms with van der Waals surface area (Å²) >= 11 is 0. The number of hydrogen-bond acceptors (Lipinski definition) is 6. The first kappa shape index (κ1) is 21.8. The minimum Gasteiger partial charge on any atom is -0.453 e. The second-order valence-electron chi connectivity index (χ2n) is 10.9. The van der Waals surface area contributed by atoms with Crippen molar-refractivity contribution in [1.29, 1.82) is 0 Å². The van der Waals surface area contributed by atoms with Crippen molar-refractivity contribution in [2.75, 3.05) is 5.32 Å². The normalized spacial score (nSPS) is 23.9. The highest BCUT2D eigenvalue weighted by atomic mass is 16.7. The maximum absolute atomic E-state index is 6.21. The maximum atomic E-state index is 6.21. The fourth-order valence-electron chi connectivity index (χ4n) is 3.98. The van der Waals surface area contributed by atoms with Crippen LogP contribution < -0.4 is 21.0 Å². The highest BCUT2D eigenvalue weighted by Gasteiger charge is 2.53. The molecule has 2 aromatic rings. The predicted octanol–water partition coefficient (Wildman–Crippen LogP) is 4.13. The second-order valence-corrected chi connectivity index (χ2v) is 10.9. The highest BCUT2D eigenvalue weighted by molar-refractivity contribution is 6.62. The third-order valence-corrected chi connectivity index (χ3v) is 7.55. The molecule has 3 aliphatic rings. The minimum atomic E-state index is -0.426. The van der Waals surface area contributed by atoms with E-state index >= 15 is 0 Å². The molecule has 1 N–H and O–H groups in total. The molecule has 0 saturated carbocycles. The zero-order valence-electron chi connectivity index (χ0n) is 20.2. The van der Waals surface area contributed by atoms with Crippen LogP contribution in [0.2, 0.25) is 0 Å². The topological polar surface area (TPSA) is 58.2 Å². The van der Waals surface area contributed by atoms with E-state index in [2.05, 4.69) is 60.7 Å². The molecule has 0 aliphatic carbocycles. The van der Waals surface area contributed by atoms with Crippen LogP contribution in [0.1, 0.15) is 55.4 Å². The Kier molecular flexibility index (Phi) is 4.61. The molecule has 2 aromatic carbocycles. The maximum Gasteiger partial charge on any atom is 0.494 e. The molecule has 32 heavy (non-hydrogen) atoms. The van der Waals surface area contributed by atoms with Gasteiger partial charge in [-0.2, -0.15) is 0 Å². The Hall–Kier alpha value is -1.99. The molecule has 0 atom stereocenters. The van der Waals surface area contributed by atoms with Gasteiger partial charge in [0.15, 0.2) is 11.5 Å². The Bertz CT molecular complexity index is 967. The van der Waals surface area contributed by atoms with E-state index in [4.69, 9.17) is 23.4 Å². The van der Waals surface area contributed by atoms with Crippen LogP contribution in [0.25, 0.3) is 0 Å². The lowest BCUT2D eigenvalue weighted by atomic mass is 9.78. The SMILES string of the molecule is CC1(C)OB(c2ccc3c(c2)Nc2cc(B4OC(C)(C)C(C)(C)O4)ccc2O3)OC1(C)C. The average molecular weight is 435 g/mol. The van der Waals surface area contributed by atoms with Crippen LogP contribution in [0.3, 0.4) is 0 Å². The van der Waals surface area contributed by atoms with Gasteiger partial charge in [0, 0.05) is 0 Å². The van der Waals surface area contributed by atoms with Crippen LogP contribution in [0, 0.1) is 0 Å². The minimum absolute atomic E-state index is 0.387. The highest BCUT2D eigenvalue weighted by Crippen LogP contribution is 2.43. The molecule has 2 fully saturated rings. The van der Waals surface area contributed by atoms with Gasteiger partial charge < -0.3 is 28.7 Å². The van der Waals surface area contributed by atoms with Gasteiger partial charge in [-0.3, -0.25) is 0 Å². The number of rotatable bonds is 2. The first-order valence-corrected chi connectivity index (χ1v) is 11.2. The van der Waals surface area contributed by atoms with E-state index in [0.29, 0.717) is 0 Å². The summed E-state index contributed by atoms with van der Waals surface area (Å²) in [6, 6.07) is 11.9. The summed E-state index contributed by atoms with van der Waals surface area (Å²) in [7, 11) is -0.853. The molecule has 0 unspecified atom stereocenters. The van der Waals surface area contributed by atoms with Gasteiger partial charge in [0.1, 0.15) is 0 Å². The zero-order valence-corrected chi connectivity index (χ0v) is 20.2. The Morgan fingerprint density at radius 2 is 0.906 bits per heavy atom. The Balaban J connectivity index is 1.40. The summed E-state index contributed by atoms with van der Waals surface area (Å²) < 4.78 is 31.0. The van der Waals surface area contributed by atoms with Gasteiger partial charge in [-0.05, 0) is 90.6 Å². The first-order valence-electron chi connectivity index (χ1n) is 11.2. The van der Waals surface area contributed by atoms with E-state index in [1.165, 1.54) is 0 Å². The van der Waals surface area contributed by atoms with Crippen molar-refractivity contribution < 1.29 is 23.4 Å². The Morgan fingerprint density at radius 3 is 1.25 bits per heavy atom. The van der Waals surface area contributed by atoms with Crippen LogP contribution >= 0.6 is 0 Å². The van der Waals surface area contributed by atoms with Crippen LogP contribution in [-0.2, 0) is 18.6 Å². The molecule has 3 heterocycles. The van der Waals surface area contributed by atoms with E-state index in [-0.39, 0.29) is 22.4 Å². The third kappa shape index (κ3) is 3.36. The van der Waals surface area contributed by atoms with E-state index in [9.17, 15) is 0 Å². The fraction of sp³-hybridized carbons (Fsp3) is 0.500. The molecule has 0 radical (unpaired) electrons. The molecule has 6 nitrogen and oxygen atoms in total. The van der Waals surface area contributed by atoms with Crippen LogP contribution in [-0.4, -0.2) is 36.6 Å². The van der Waals surface area contributed by atoms with Gasteiger partial charge in [0.05, 0.1) is 33.8 Å². The lowest BCUT2D eigenvalue weighted by Gasteiger charge is -2.32. The van der Waals surface area contributed by atoms with Crippen molar-refractivity contribution in [1.82, 2.24) is 0 Å². The van der Waals surface area contributed by atoms with Crippen molar-refractivity contribution in [3.8, 4) is 11.5 Å². The molecule has 0 amide bonds. The number of hydrogen-bond donors (Lipinski definition) is 1. The lowest BCUT2D eigenvalue weighted by Crippen LogP contribution is -2.41. The molecule has 2 saturated heterocycles. The van der Waals surface area contributed by atoms with Gasteiger partial charge in [-0.1, -0.05) is 12.1 Å². The summed E-state index contributed by atoms with van der Waals surface area (Å²) in [5.74, 6) is 1.53. The first-order chi connectivity index (χ1) is 14.8. The van der Waals surface area contributed by atoms with E-state index < -0.39 is 14.2 Å². The van der Waals surface area contributed by atoms with Crippen molar-refractivity contribution in [2.45, 2.75) is 77.8 Å². The van der Waals surface area contributed by atoms with Gasteiger partial charge in [-0.15, -0.1) is 0 Å². The van der Waals surface area contributed by atoms with E-state index in [0.717, 1.165) is 33.8 Å². The monoisotopic (exact) mass is 435 g/mol. The largest absolute Gasteiger partial charge is 0.494 e. The lowest BCUT2D eigenvalue weighted by molar-refractivity contribution is 0.00578. The van der Waals surface area contributed by atoms with Crippen molar-refractivity contribution in [2.24, 2.45) is 0 Å². The van der Waals surface area contributed by atoms with Crippen LogP contribution in [0.4, 0.5) is 11.4 Å². The number of ether oxygens (including phenoxy) is 1. The fourth-order valence-corrected chi connectivity index (χ4v) is 3.98. The molecule has 0 aromatic heterocycles. The Labute approximate surface area is 191 Å². The molecule has 0 spiro atoms. The standard InChI is InChI=1S/C24H31B2NO5/c1-21(2)22(3,4)30-25(29-21)15-9-11-19-17(13-15)27-18-14-16(10-12-20(18)28-19)26-31-23(5,6)24(7,8)32-26/h9-14,27H,1-8H3. The summed E-state index contributed by atoms with van der Waals surface area (Å²) in [6.07, 6.45) is 0. The summed E-state index contributed by atoms with van der Waals surface area (Å²) in [5.41, 5.74) is 2.09. The number of anilines is 2. The Morgan fingerprint density at radius 1 is 0.562 bits per heavy atom. The van der Waals surface area contributed by atoms with Gasteiger partial charge in [-0.25, -0.2) is 0 Å². The molecule has 168 valence electrons. The molecule has 3 aliphatic heterocycles. The third-order valence-electron chi connectivity index (χ3n) is 7.55. The predicted molar refractivity (Wildman–Crippen MR) is 128 cm³/mol. The van der Waals surface area contributed by atoms with Gasteiger partial charge in [0.2, 0.25) is 0 Å². The zero-order chi connectivity index (χ0) is 23.1. The molecule has 5 rings (SSSR count). The number of benzene rings is 2. The van der Waals surface area contributed by atoms with Crippen molar-refractivity contribution in [3.05, 3.63) is 36.4 Å². The van der Waals surface area contributed by atoms with Crippen molar-refractivity contribution >= 4 is 36.5 Å². The molecular weight excluding hydrogens is 404 g/mol. The van der Waals surface area contributed by atoms with E-state index in [1.54, 1.807) is 0 Å². The van der Waals surface area contributed by atoms with Gasteiger partial charge in [0.25, 0.3) is 0 Å².